The Hall–Kier alpha value is -1.09. The van der Waals surface area contributed by atoms with E-state index in [-0.39, 0.29) is 0 Å². The molecule has 0 heterocycles. The molecule has 0 amide bonds. The molecule has 0 spiro atoms. The van der Waals surface area contributed by atoms with Gasteiger partial charge >= 0.3 is 0 Å². The molecule has 0 saturated heterocycles. The fraction of sp³-hybridized carbons (Fsp3) is 0.462. The van der Waals surface area contributed by atoms with Crippen molar-refractivity contribution in [1.29, 1.82) is 0 Å². The van der Waals surface area contributed by atoms with Gasteiger partial charge in [0.2, 0.25) is 0 Å². The molecular formula is C13H17NOS. The van der Waals surface area contributed by atoms with Crippen LogP contribution in [0.3, 0.4) is 0 Å². The molecule has 1 aliphatic rings. The van der Waals surface area contributed by atoms with Crippen molar-refractivity contribution in [3.05, 3.63) is 29.8 Å². The van der Waals surface area contributed by atoms with Crippen LogP contribution in [0.1, 0.15) is 31.2 Å². The van der Waals surface area contributed by atoms with Gasteiger partial charge in [-0.2, -0.15) is 0 Å². The molecule has 1 aromatic rings. The molecule has 0 aromatic heterocycles. The Bertz CT molecular complexity index is 374. The van der Waals surface area contributed by atoms with Gasteiger partial charge in [0.1, 0.15) is 10.7 Å². The van der Waals surface area contributed by atoms with Crippen molar-refractivity contribution in [3.63, 3.8) is 0 Å². The van der Waals surface area contributed by atoms with Crippen LogP contribution < -0.4 is 10.5 Å². The van der Waals surface area contributed by atoms with Gasteiger partial charge < -0.3 is 10.5 Å². The van der Waals surface area contributed by atoms with Crippen LogP contribution in [0.4, 0.5) is 0 Å². The molecule has 2 N–H and O–H groups in total. The van der Waals surface area contributed by atoms with Crippen molar-refractivity contribution in [1.82, 2.24) is 0 Å². The highest BCUT2D eigenvalue weighted by Crippen LogP contribution is 2.29. The predicted molar refractivity (Wildman–Crippen MR) is 69.8 cm³/mol. The molecule has 0 atom stereocenters. The lowest BCUT2D eigenvalue weighted by Crippen LogP contribution is -2.16. The van der Waals surface area contributed by atoms with E-state index in [0.29, 0.717) is 4.99 Å². The molecule has 86 valence electrons. The second kappa shape index (κ2) is 5.30. The third-order valence-electron chi connectivity index (χ3n) is 3.16. The normalized spacial score (nSPS) is 15.5. The van der Waals surface area contributed by atoms with Gasteiger partial charge in [-0.1, -0.05) is 43.6 Å². The summed E-state index contributed by atoms with van der Waals surface area (Å²) in [5, 5.41) is 0. The second-order valence-electron chi connectivity index (χ2n) is 4.29. The summed E-state index contributed by atoms with van der Waals surface area (Å²) in [6.45, 7) is 0.768. The predicted octanol–water partition coefficient (Wildman–Crippen LogP) is 2.89. The van der Waals surface area contributed by atoms with E-state index in [1.54, 1.807) is 0 Å². The van der Waals surface area contributed by atoms with Gasteiger partial charge in [0, 0.05) is 0 Å². The van der Waals surface area contributed by atoms with E-state index in [1.807, 2.05) is 24.3 Å². The monoisotopic (exact) mass is 235 g/mol. The maximum atomic E-state index is 5.74. The Labute approximate surface area is 102 Å². The molecule has 0 bridgehead atoms. The molecule has 2 nitrogen and oxygen atoms in total. The topological polar surface area (TPSA) is 35.2 Å². The van der Waals surface area contributed by atoms with Crippen molar-refractivity contribution in [2.75, 3.05) is 6.61 Å². The van der Waals surface area contributed by atoms with Crippen LogP contribution >= 0.6 is 12.2 Å². The quantitative estimate of drug-likeness (QED) is 0.797. The molecule has 1 fully saturated rings. The zero-order valence-corrected chi connectivity index (χ0v) is 10.1. The van der Waals surface area contributed by atoms with E-state index in [9.17, 15) is 0 Å². The van der Waals surface area contributed by atoms with Crippen LogP contribution in [0.15, 0.2) is 24.3 Å². The third kappa shape index (κ3) is 2.73. The summed E-state index contributed by atoms with van der Waals surface area (Å²) in [4.78, 5) is 0.402. The molecule has 1 aliphatic carbocycles. The third-order valence-corrected chi connectivity index (χ3v) is 3.38. The Morgan fingerprint density at radius 3 is 2.75 bits per heavy atom. The highest BCUT2D eigenvalue weighted by Gasteiger charge is 2.17. The van der Waals surface area contributed by atoms with Crippen molar-refractivity contribution in [2.45, 2.75) is 25.7 Å². The molecule has 3 heteroatoms. The number of benzene rings is 1. The summed E-state index contributed by atoms with van der Waals surface area (Å²) < 4.78 is 5.74. The Balaban J connectivity index is 1.89. The Morgan fingerprint density at radius 2 is 2.12 bits per heavy atom. The maximum Gasteiger partial charge on any atom is 0.129 e. The lowest BCUT2D eigenvalue weighted by atomic mass is 9.83. The summed E-state index contributed by atoms with van der Waals surface area (Å²) in [5.74, 6) is 1.69. The largest absolute Gasteiger partial charge is 0.493 e. The fourth-order valence-electron chi connectivity index (χ4n) is 1.91. The molecule has 0 radical (unpaired) electrons. The van der Waals surface area contributed by atoms with Gasteiger partial charge in [0.05, 0.1) is 12.2 Å². The lowest BCUT2D eigenvalue weighted by molar-refractivity contribution is 0.222. The van der Waals surface area contributed by atoms with Gasteiger partial charge in [0.15, 0.2) is 0 Å². The van der Waals surface area contributed by atoms with Crippen LogP contribution in [-0.4, -0.2) is 11.6 Å². The molecule has 0 unspecified atom stereocenters. The smallest absolute Gasteiger partial charge is 0.129 e. The first kappa shape index (κ1) is 11.4. The summed E-state index contributed by atoms with van der Waals surface area (Å²) in [6.07, 6.45) is 5.25. The molecule has 1 aromatic carbocycles. The van der Waals surface area contributed by atoms with Gasteiger partial charge in [-0.15, -0.1) is 0 Å². The standard InChI is InChI=1S/C13H17NOS/c14-13(16)11-6-1-2-7-12(11)15-9-8-10-4-3-5-10/h1-2,6-7,10H,3-5,8-9H2,(H2,14,16). The fourth-order valence-corrected chi connectivity index (χ4v) is 2.08. The van der Waals surface area contributed by atoms with Gasteiger partial charge in [-0.3, -0.25) is 0 Å². The van der Waals surface area contributed by atoms with E-state index < -0.39 is 0 Å². The first-order valence-corrected chi connectivity index (χ1v) is 6.20. The minimum Gasteiger partial charge on any atom is -0.493 e. The number of hydrogen-bond donors (Lipinski definition) is 1. The number of rotatable bonds is 5. The summed E-state index contributed by atoms with van der Waals surface area (Å²) in [7, 11) is 0. The van der Waals surface area contributed by atoms with E-state index in [1.165, 1.54) is 19.3 Å². The van der Waals surface area contributed by atoms with Crippen LogP contribution in [0.25, 0.3) is 0 Å². The Kier molecular flexibility index (Phi) is 3.78. The number of hydrogen-bond acceptors (Lipinski definition) is 2. The SMILES string of the molecule is NC(=S)c1ccccc1OCCC1CCC1. The van der Waals surface area contributed by atoms with Crippen molar-refractivity contribution < 1.29 is 4.74 Å². The van der Waals surface area contributed by atoms with Crippen LogP contribution in [0.2, 0.25) is 0 Å². The van der Waals surface area contributed by atoms with E-state index in [2.05, 4.69) is 0 Å². The first-order chi connectivity index (χ1) is 7.77. The minimum atomic E-state index is 0.402. The zero-order valence-electron chi connectivity index (χ0n) is 9.32. The molecule has 1 saturated carbocycles. The number of nitrogens with two attached hydrogens (primary N) is 1. The average Bonchev–Trinajstić information content (AvgIpc) is 2.22. The Morgan fingerprint density at radius 1 is 1.38 bits per heavy atom. The first-order valence-electron chi connectivity index (χ1n) is 5.79. The summed E-state index contributed by atoms with van der Waals surface area (Å²) in [5.41, 5.74) is 6.47. The molecule has 2 rings (SSSR count). The molecule has 0 aliphatic heterocycles. The number of thiocarbonyl (C=S) groups is 1. The van der Waals surface area contributed by atoms with Crippen molar-refractivity contribution >= 4 is 17.2 Å². The second-order valence-corrected chi connectivity index (χ2v) is 4.73. The highest BCUT2D eigenvalue weighted by molar-refractivity contribution is 7.80. The van der Waals surface area contributed by atoms with E-state index in [4.69, 9.17) is 22.7 Å². The number of para-hydroxylation sites is 1. The minimum absolute atomic E-state index is 0.402. The number of ether oxygens (including phenoxy) is 1. The zero-order chi connectivity index (χ0) is 11.4. The lowest BCUT2D eigenvalue weighted by Gasteiger charge is -2.25. The van der Waals surface area contributed by atoms with Gasteiger partial charge in [-0.25, -0.2) is 0 Å². The van der Waals surface area contributed by atoms with Crippen molar-refractivity contribution in [3.8, 4) is 5.75 Å². The van der Waals surface area contributed by atoms with Crippen molar-refractivity contribution in [2.24, 2.45) is 11.7 Å². The average molecular weight is 235 g/mol. The van der Waals surface area contributed by atoms with Gasteiger partial charge in [0.25, 0.3) is 0 Å². The van der Waals surface area contributed by atoms with Crippen LogP contribution in [0, 0.1) is 5.92 Å². The van der Waals surface area contributed by atoms with E-state index in [0.717, 1.165) is 30.3 Å². The van der Waals surface area contributed by atoms with E-state index >= 15 is 0 Å². The highest BCUT2D eigenvalue weighted by atomic mass is 32.1. The molecular weight excluding hydrogens is 218 g/mol. The maximum absolute atomic E-state index is 5.74. The molecule has 16 heavy (non-hydrogen) atoms. The van der Waals surface area contributed by atoms with Crippen LogP contribution in [-0.2, 0) is 0 Å². The van der Waals surface area contributed by atoms with Crippen LogP contribution in [0.5, 0.6) is 5.75 Å². The van der Waals surface area contributed by atoms with Gasteiger partial charge in [-0.05, 0) is 24.5 Å². The summed E-state index contributed by atoms with van der Waals surface area (Å²) in [6, 6.07) is 7.70. The summed E-state index contributed by atoms with van der Waals surface area (Å²) >= 11 is 4.98.